The lowest BCUT2D eigenvalue weighted by Gasteiger charge is -2.35. The highest BCUT2D eigenvalue weighted by molar-refractivity contribution is 5.86. The topological polar surface area (TPSA) is 63.6 Å². The van der Waals surface area contributed by atoms with Crippen LogP contribution in [0.4, 0.5) is 0 Å². The number of rotatable bonds is 6. The number of carbonyl (C=O) groups is 2. The second-order valence-corrected chi connectivity index (χ2v) is 6.08. The molecule has 0 aliphatic carbocycles. The molecule has 0 heterocycles. The molecule has 0 atom stereocenters. The number of ether oxygens (including phenoxy) is 1. The van der Waals surface area contributed by atoms with Crippen molar-refractivity contribution in [3.63, 3.8) is 0 Å². The molecule has 4 nitrogen and oxygen atoms in total. The van der Waals surface area contributed by atoms with Crippen molar-refractivity contribution in [1.29, 1.82) is 0 Å². The molecule has 0 fully saturated rings. The van der Waals surface area contributed by atoms with Crippen molar-refractivity contribution in [3.8, 4) is 0 Å². The third-order valence-electron chi connectivity index (χ3n) is 4.19. The third-order valence-corrected chi connectivity index (χ3v) is 4.19. The van der Waals surface area contributed by atoms with Crippen molar-refractivity contribution >= 4 is 18.0 Å². The van der Waals surface area contributed by atoms with Crippen molar-refractivity contribution in [2.24, 2.45) is 10.8 Å². The van der Waals surface area contributed by atoms with Gasteiger partial charge in [-0.3, -0.25) is 9.59 Å². The second-order valence-electron chi connectivity index (χ2n) is 6.08. The van der Waals surface area contributed by atoms with Gasteiger partial charge in [0.25, 0.3) is 0 Å². The van der Waals surface area contributed by atoms with Crippen molar-refractivity contribution in [2.75, 3.05) is 0 Å². The van der Waals surface area contributed by atoms with E-state index in [4.69, 9.17) is 4.74 Å². The fourth-order valence-electron chi connectivity index (χ4n) is 1.60. The number of esters is 1. The molecule has 1 aromatic carbocycles. The van der Waals surface area contributed by atoms with Gasteiger partial charge in [0.1, 0.15) is 6.61 Å². The maximum absolute atomic E-state index is 12.2. The standard InChI is InChI=1S/C17H22O4/c1-6-12-7-9-13(10-8-12)11-21-15(20)17(4,5)16(2,3)14(18)19/h6-10H,1,11H2,2-5H3,(H,18,19). The van der Waals surface area contributed by atoms with E-state index in [9.17, 15) is 14.7 Å². The minimum absolute atomic E-state index is 0.120. The van der Waals surface area contributed by atoms with Gasteiger partial charge < -0.3 is 9.84 Å². The lowest BCUT2D eigenvalue weighted by atomic mass is 9.68. The van der Waals surface area contributed by atoms with Crippen LogP contribution in [0.2, 0.25) is 0 Å². The van der Waals surface area contributed by atoms with Crippen LogP contribution in [0.1, 0.15) is 38.8 Å². The Balaban J connectivity index is 2.76. The average molecular weight is 290 g/mol. The Morgan fingerprint density at radius 2 is 1.67 bits per heavy atom. The highest BCUT2D eigenvalue weighted by atomic mass is 16.5. The molecule has 114 valence electrons. The molecule has 21 heavy (non-hydrogen) atoms. The van der Waals surface area contributed by atoms with Gasteiger partial charge in [-0.2, -0.15) is 0 Å². The second kappa shape index (κ2) is 6.12. The SMILES string of the molecule is C=Cc1ccc(COC(=O)C(C)(C)C(C)(C)C(=O)O)cc1. The number of benzene rings is 1. The zero-order valence-electron chi connectivity index (χ0n) is 13.0. The Morgan fingerprint density at radius 3 is 2.10 bits per heavy atom. The summed E-state index contributed by atoms with van der Waals surface area (Å²) in [5.41, 5.74) is -0.508. The quantitative estimate of drug-likeness (QED) is 0.814. The Labute approximate surface area is 125 Å². The number of hydrogen-bond donors (Lipinski definition) is 1. The van der Waals surface area contributed by atoms with Crippen LogP contribution in [-0.4, -0.2) is 17.0 Å². The third kappa shape index (κ3) is 3.51. The van der Waals surface area contributed by atoms with E-state index < -0.39 is 22.8 Å². The molecule has 1 aromatic rings. The molecule has 0 bridgehead atoms. The molecule has 1 rings (SSSR count). The van der Waals surface area contributed by atoms with Crippen LogP contribution in [0.15, 0.2) is 30.8 Å². The van der Waals surface area contributed by atoms with Crippen molar-refractivity contribution in [3.05, 3.63) is 42.0 Å². The summed E-state index contributed by atoms with van der Waals surface area (Å²) in [4.78, 5) is 23.5. The van der Waals surface area contributed by atoms with Crippen LogP contribution in [-0.2, 0) is 20.9 Å². The molecule has 0 aromatic heterocycles. The molecule has 0 radical (unpaired) electrons. The van der Waals surface area contributed by atoms with Gasteiger partial charge in [-0.15, -0.1) is 0 Å². The van der Waals surface area contributed by atoms with E-state index in [1.165, 1.54) is 13.8 Å². The lowest BCUT2D eigenvalue weighted by molar-refractivity contribution is -0.173. The first kappa shape index (κ1) is 17.0. The Kier molecular flexibility index (Phi) is 4.94. The summed E-state index contributed by atoms with van der Waals surface area (Å²) in [5.74, 6) is -1.55. The summed E-state index contributed by atoms with van der Waals surface area (Å²) >= 11 is 0. The van der Waals surface area contributed by atoms with Crippen molar-refractivity contribution in [1.82, 2.24) is 0 Å². The predicted molar refractivity (Wildman–Crippen MR) is 81.5 cm³/mol. The van der Waals surface area contributed by atoms with E-state index in [1.807, 2.05) is 24.3 Å². The number of carboxylic acids is 1. The maximum Gasteiger partial charge on any atom is 0.312 e. The van der Waals surface area contributed by atoms with Crippen LogP contribution < -0.4 is 0 Å². The van der Waals surface area contributed by atoms with Crippen LogP contribution >= 0.6 is 0 Å². The first-order valence-electron chi connectivity index (χ1n) is 6.75. The highest BCUT2D eigenvalue weighted by Gasteiger charge is 2.49. The molecule has 0 amide bonds. The first-order chi connectivity index (χ1) is 9.62. The minimum atomic E-state index is -1.21. The molecular weight excluding hydrogens is 268 g/mol. The van der Waals surface area contributed by atoms with Gasteiger partial charge >= 0.3 is 11.9 Å². The Hall–Kier alpha value is -2.10. The van der Waals surface area contributed by atoms with Crippen molar-refractivity contribution < 1.29 is 19.4 Å². The monoisotopic (exact) mass is 290 g/mol. The maximum atomic E-state index is 12.2. The van der Waals surface area contributed by atoms with E-state index in [1.54, 1.807) is 19.9 Å². The zero-order valence-corrected chi connectivity index (χ0v) is 13.0. The molecule has 0 aliphatic heterocycles. The van der Waals surface area contributed by atoms with Crippen LogP contribution in [0.3, 0.4) is 0 Å². The molecular formula is C17H22O4. The molecule has 0 saturated heterocycles. The van der Waals surface area contributed by atoms with E-state index in [2.05, 4.69) is 6.58 Å². The summed E-state index contributed by atoms with van der Waals surface area (Å²) < 4.78 is 5.27. The average Bonchev–Trinajstić information content (AvgIpc) is 2.44. The Morgan fingerprint density at radius 1 is 1.14 bits per heavy atom. The first-order valence-corrected chi connectivity index (χ1v) is 6.75. The highest BCUT2D eigenvalue weighted by Crippen LogP contribution is 2.39. The van der Waals surface area contributed by atoms with E-state index >= 15 is 0 Å². The van der Waals surface area contributed by atoms with Crippen LogP contribution in [0, 0.1) is 10.8 Å². The van der Waals surface area contributed by atoms with E-state index in [0.717, 1.165) is 11.1 Å². The summed E-state index contributed by atoms with van der Waals surface area (Å²) in [5, 5.41) is 9.25. The summed E-state index contributed by atoms with van der Waals surface area (Å²) in [6, 6.07) is 7.45. The molecule has 0 aliphatic rings. The summed E-state index contributed by atoms with van der Waals surface area (Å²) in [6.07, 6.45) is 1.73. The van der Waals surface area contributed by atoms with E-state index in [0.29, 0.717) is 0 Å². The largest absolute Gasteiger partial charge is 0.481 e. The zero-order chi connectivity index (χ0) is 16.3. The summed E-state index contributed by atoms with van der Waals surface area (Å²) in [7, 11) is 0. The number of carbonyl (C=O) groups excluding carboxylic acids is 1. The van der Waals surface area contributed by atoms with Gasteiger partial charge in [-0.25, -0.2) is 0 Å². The molecule has 0 unspecified atom stereocenters. The van der Waals surface area contributed by atoms with E-state index in [-0.39, 0.29) is 6.61 Å². The summed E-state index contributed by atoms with van der Waals surface area (Å²) in [6.45, 7) is 10.0. The van der Waals surface area contributed by atoms with Gasteiger partial charge in [-0.1, -0.05) is 36.9 Å². The van der Waals surface area contributed by atoms with Crippen LogP contribution in [0.25, 0.3) is 6.08 Å². The number of carboxylic acid groups (broad SMARTS) is 1. The lowest BCUT2D eigenvalue weighted by Crippen LogP contribution is -2.45. The van der Waals surface area contributed by atoms with Crippen LogP contribution in [0.5, 0.6) is 0 Å². The minimum Gasteiger partial charge on any atom is -0.481 e. The van der Waals surface area contributed by atoms with Gasteiger partial charge in [0.15, 0.2) is 0 Å². The number of hydrogen-bond acceptors (Lipinski definition) is 3. The van der Waals surface area contributed by atoms with Gasteiger partial charge in [0, 0.05) is 0 Å². The molecule has 1 N–H and O–H groups in total. The fraction of sp³-hybridized carbons (Fsp3) is 0.412. The Bertz CT molecular complexity index is 538. The molecule has 0 spiro atoms. The normalized spacial score (nSPS) is 11.8. The predicted octanol–water partition coefficient (Wildman–Crippen LogP) is 3.51. The number of aliphatic carboxylic acids is 1. The van der Waals surface area contributed by atoms with Gasteiger partial charge in [0.2, 0.25) is 0 Å². The molecule has 4 heteroatoms. The van der Waals surface area contributed by atoms with Gasteiger partial charge in [-0.05, 0) is 38.8 Å². The van der Waals surface area contributed by atoms with Crippen molar-refractivity contribution in [2.45, 2.75) is 34.3 Å². The molecule has 0 saturated carbocycles. The fourth-order valence-corrected chi connectivity index (χ4v) is 1.60. The smallest absolute Gasteiger partial charge is 0.312 e. The van der Waals surface area contributed by atoms with Gasteiger partial charge in [0.05, 0.1) is 10.8 Å².